The van der Waals surface area contributed by atoms with Crippen LogP contribution in [0.4, 0.5) is 10.1 Å². The Morgan fingerprint density at radius 1 is 1.37 bits per heavy atom. The van der Waals surface area contributed by atoms with Gasteiger partial charge in [0, 0.05) is 25.3 Å². The Labute approximate surface area is 121 Å². The fourth-order valence-corrected chi connectivity index (χ4v) is 2.72. The smallest absolute Gasteiger partial charge is 0.153 e. The Hall–Kier alpha value is -0.840. The predicted molar refractivity (Wildman–Crippen MR) is 76.3 cm³/mol. The van der Waals surface area contributed by atoms with Crippen LogP contribution < -0.4 is 5.32 Å². The van der Waals surface area contributed by atoms with E-state index in [1.54, 1.807) is 12.1 Å². The van der Waals surface area contributed by atoms with Gasteiger partial charge < -0.3 is 5.32 Å². The van der Waals surface area contributed by atoms with Crippen LogP contribution in [0.3, 0.4) is 0 Å². The van der Waals surface area contributed by atoms with E-state index in [-0.39, 0.29) is 6.67 Å². The minimum absolute atomic E-state index is 0.271. The van der Waals surface area contributed by atoms with Crippen LogP contribution in [0.15, 0.2) is 12.1 Å². The summed E-state index contributed by atoms with van der Waals surface area (Å²) in [5.74, 6) is 0. The van der Waals surface area contributed by atoms with Crippen molar-refractivity contribution in [2.45, 2.75) is 12.5 Å². The average Bonchev–Trinajstić information content (AvgIpc) is 2.31. The van der Waals surface area contributed by atoms with Crippen molar-refractivity contribution in [3.05, 3.63) is 27.7 Å². The summed E-state index contributed by atoms with van der Waals surface area (Å²) in [7, 11) is 0. The number of hydrogen-bond acceptors (Lipinski definition) is 3. The molecule has 19 heavy (non-hydrogen) atoms. The number of nitrogens with one attached hydrogen (secondary N) is 1. The van der Waals surface area contributed by atoms with Crippen molar-refractivity contribution in [3.8, 4) is 0 Å². The van der Waals surface area contributed by atoms with E-state index in [1.165, 1.54) is 0 Å². The van der Waals surface area contributed by atoms with Crippen molar-refractivity contribution >= 4 is 35.2 Å². The highest BCUT2D eigenvalue weighted by atomic mass is 35.5. The van der Waals surface area contributed by atoms with Crippen molar-refractivity contribution in [2.24, 2.45) is 0 Å². The molecule has 0 bridgehead atoms. The van der Waals surface area contributed by atoms with E-state index in [0.717, 1.165) is 25.3 Å². The topological polar surface area (TPSA) is 32.3 Å². The van der Waals surface area contributed by atoms with Gasteiger partial charge in [0.1, 0.15) is 0 Å². The van der Waals surface area contributed by atoms with Crippen LogP contribution in [0.25, 0.3) is 0 Å². The van der Waals surface area contributed by atoms with Gasteiger partial charge in [-0.2, -0.15) is 0 Å². The SMILES string of the molecule is O=Cc1c(Cl)cc(NC2CN(CCCF)C2)cc1Cl. The number of carbonyl (C=O) groups excluding carboxylic acids is 1. The molecular formula is C13H15Cl2FN2O. The number of anilines is 1. The first-order chi connectivity index (χ1) is 9.13. The molecule has 3 nitrogen and oxygen atoms in total. The first-order valence-electron chi connectivity index (χ1n) is 6.13. The second-order valence-electron chi connectivity index (χ2n) is 4.61. The Kier molecular flexibility index (Phi) is 5.02. The van der Waals surface area contributed by atoms with Gasteiger partial charge in [0.25, 0.3) is 0 Å². The lowest BCUT2D eigenvalue weighted by atomic mass is 10.1. The highest BCUT2D eigenvalue weighted by molar-refractivity contribution is 6.38. The molecule has 0 aromatic heterocycles. The summed E-state index contributed by atoms with van der Waals surface area (Å²) < 4.78 is 12.0. The molecule has 0 aliphatic carbocycles. The van der Waals surface area contributed by atoms with E-state index in [2.05, 4.69) is 10.2 Å². The summed E-state index contributed by atoms with van der Waals surface area (Å²) in [6, 6.07) is 3.71. The number of halogens is 3. The molecule has 0 unspecified atom stereocenters. The maximum absolute atomic E-state index is 12.0. The summed E-state index contributed by atoms with van der Waals surface area (Å²) in [6.45, 7) is 2.28. The summed E-state index contributed by atoms with van der Waals surface area (Å²) in [5, 5.41) is 3.99. The third-order valence-electron chi connectivity index (χ3n) is 3.13. The van der Waals surface area contributed by atoms with Gasteiger partial charge in [-0.1, -0.05) is 23.2 Å². The Bertz CT molecular complexity index is 441. The second-order valence-corrected chi connectivity index (χ2v) is 5.43. The van der Waals surface area contributed by atoms with Gasteiger partial charge in [-0.05, 0) is 18.6 Å². The zero-order valence-electron chi connectivity index (χ0n) is 10.3. The molecule has 1 fully saturated rings. The van der Waals surface area contributed by atoms with Gasteiger partial charge in [-0.15, -0.1) is 0 Å². The Balaban J connectivity index is 1.90. The number of alkyl halides is 1. The van der Waals surface area contributed by atoms with Gasteiger partial charge in [0.2, 0.25) is 0 Å². The zero-order chi connectivity index (χ0) is 13.8. The van der Waals surface area contributed by atoms with Crippen molar-refractivity contribution < 1.29 is 9.18 Å². The quantitative estimate of drug-likeness (QED) is 0.819. The summed E-state index contributed by atoms with van der Waals surface area (Å²) >= 11 is 11.9. The molecule has 1 aliphatic rings. The van der Waals surface area contributed by atoms with Crippen LogP contribution in [0.5, 0.6) is 0 Å². The minimum atomic E-state index is -0.271. The highest BCUT2D eigenvalue weighted by Gasteiger charge is 2.26. The van der Waals surface area contributed by atoms with Crippen molar-refractivity contribution in [2.75, 3.05) is 31.6 Å². The maximum Gasteiger partial charge on any atom is 0.153 e. The number of carbonyl (C=O) groups is 1. The third-order valence-corrected chi connectivity index (χ3v) is 3.76. The van der Waals surface area contributed by atoms with Gasteiger partial charge >= 0.3 is 0 Å². The number of hydrogen-bond donors (Lipinski definition) is 1. The first-order valence-corrected chi connectivity index (χ1v) is 6.88. The number of likely N-dealkylation sites (tertiary alicyclic amines) is 1. The molecule has 1 aromatic carbocycles. The predicted octanol–water partition coefficient (Wildman–Crippen LogP) is 3.26. The molecule has 6 heteroatoms. The first kappa shape index (κ1) is 14.6. The van der Waals surface area contributed by atoms with Crippen molar-refractivity contribution in [3.63, 3.8) is 0 Å². The Morgan fingerprint density at radius 2 is 2.00 bits per heavy atom. The van der Waals surface area contributed by atoms with E-state index in [1.807, 2.05) is 0 Å². The molecule has 1 N–H and O–H groups in total. The Morgan fingerprint density at radius 3 is 2.53 bits per heavy atom. The van der Waals surface area contributed by atoms with Crippen molar-refractivity contribution in [1.29, 1.82) is 0 Å². The number of benzene rings is 1. The van der Waals surface area contributed by atoms with Crippen molar-refractivity contribution in [1.82, 2.24) is 4.90 Å². The zero-order valence-corrected chi connectivity index (χ0v) is 11.8. The molecule has 0 saturated carbocycles. The fourth-order valence-electron chi connectivity index (χ4n) is 2.14. The van der Waals surface area contributed by atoms with Crippen LogP contribution >= 0.6 is 23.2 Å². The van der Waals surface area contributed by atoms with Gasteiger partial charge in [-0.3, -0.25) is 14.1 Å². The third kappa shape index (κ3) is 3.59. The lowest BCUT2D eigenvalue weighted by molar-refractivity contribution is 0.112. The molecule has 1 saturated heterocycles. The second kappa shape index (κ2) is 6.55. The summed E-state index contributed by atoms with van der Waals surface area (Å²) in [6.07, 6.45) is 1.23. The largest absolute Gasteiger partial charge is 0.380 e. The van der Waals surface area contributed by atoms with E-state index >= 15 is 0 Å². The summed E-state index contributed by atoms with van der Waals surface area (Å²) in [4.78, 5) is 12.9. The molecule has 104 valence electrons. The monoisotopic (exact) mass is 304 g/mol. The van der Waals surface area contributed by atoms with Crippen LogP contribution in [0.1, 0.15) is 16.8 Å². The molecule has 2 rings (SSSR count). The fraction of sp³-hybridized carbons (Fsp3) is 0.462. The number of nitrogens with zero attached hydrogens (tertiary/aromatic N) is 1. The van der Waals surface area contributed by atoms with E-state index < -0.39 is 0 Å². The van der Waals surface area contributed by atoms with Gasteiger partial charge in [0.05, 0.1) is 28.3 Å². The normalized spacial score (nSPS) is 16.2. The molecule has 0 spiro atoms. The van der Waals surface area contributed by atoms with E-state index in [4.69, 9.17) is 23.2 Å². The minimum Gasteiger partial charge on any atom is -0.380 e. The number of aldehydes is 1. The lowest BCUT2D eigenvalue weighted by Crippen LogP contribution is -2.54. The molecule has 1 aliphatic heterocycles. The molecule has 0 amide bonds. The molecular weight excluding hydrogens is 290 g/mol. The molecule has 0 atom stereocenters. The molecule has 1 heterocycles. The van der Waals surface area contributed by atoms with Crippen LogP contribution in [0.2, 0.25) is 10.0 Å². The van der Waals surface area contributed by atoms with Crippen LogP contribution in [-0.4, -0.2) is 43.5 Å². The van der Waals surface area contributed by atoms with E-state index in [0.29, 0.717) is 34.4 Å². The maximum atomic E-state index is 12.0. The van der Waals surface area contributed by atoms with Crippen LogP contribution in [0, 0.1) is 0 Å². The molecule has 1 aromatic rings. The van der Waals surface area contributed by atoms with Gasteiger partial charge in [0.15, 0.2) is 6.29 Å². The van der Waals surface area contributed by atoms with E-state index in [9.17, 15) is 9.18 Å². The van der Waals surface area contributed by atoms with Gasteiger partial charge in [-0.25, -0.2) is 0 Å². The lowest BCUT2D eigenvalue weighted by Gasteiger charge is -2.40. The standard InChI is InChI=1S/C13H15Cl2FN2O/c14-12-4-9(5-13(15)11(12)8-19)17-10-6-18(7-10)3-1-2-16/h4-5,8,10,17H,1-3,6-7H2. The molecule has 0 radical (unpaired) electrons. The highest BCUT2D eigenvalue weighted by Crippen LogP contribution is 2.28. The average molecular weight is 305 g/mol. The van der Waals surface area contributed by atoms with Crippen LogP contribution in [-0.2, 0) is 0 Å². The summed E-state index contributed by atoms with van der Waals surface area (Å²) in [5.41, 5.74) is 1.11. The number of rotatable bonds is 6.